The number of nitrogens with one attached hydrogen (secondary N) is 2. The molecule has 0 saturated heterocycles. The summed E-state index contributed by atoms with van der Waals surface area (Å²) in [4.78, 5) is 24.9. The van der Waals surface area contributed by atoms with Crippen molar-refractivity contribution in [3.05, 3.63) is 34.9 Å². The van der Waals surface area contributed by atoms with Crippen molar-refractivity contribution in [1.29, 1.82) is 0 Å². The molecule has 7 nitrogen and oxygen atoms in total. The summed E-state index contributed by atoms with van der Waals surface area (Å²) in [5.41, 5.74) is 1.47. The average molecular weight is 286 g/mol. The van der Waals surface area contributed by atoms with Gasteiger partial charge >= 0.3 is 5.69 Å². The molecule has 0 atom stereocenters. The van der Waals surface area contributed by atoms with Gasteiger partial charge < -0.3 is 14.5 Å². The van der Waals surface area contributed by atoms with Crippen LogP contribution in [0.4, 0.5) is 0 Å². The van der Waals surface area contributed by atoms with Gasteiger partial charge in [-0.05, 0) is 19.1 Å². The lowest BCUT2D eigenvalue weighted by Crippen LogP contribution is -2.08. The third-order valence-corrected chi connectivity index (χ3v) is 3.01. The second-order valence-electron chi connectivity index (χ2n) is 4.33. The number of hydrogen-bond donors (Lipinski definition) is 2. The molecule has 1 aromatic carbocycles. The molecule has 2 aromatic heterocycles. The first kappa shape index (κ1) is 13.2. The number of aromatic amines is 2. The van der Waals surface area contributed by atoms with Crippen molar-refractivity contribution >= 4 is 11.2 Å². The van der Waals surface area contributed by atoms with Crippen LogP contribution < -0.4 is 15.2 Å². The quantitative estimate of drug-likeness (QED) is 0.761. The van der Waals surface area contributed by atoms with E-state index in [1.807, 2.05) is 19.1 Å². The molecule has 0 saturated carbocycles. The number of imidazole rings is 1. The number of rotatable bonds is 4. The standard InChI is InChI=1S/C14H14N4O3/c1-3-21-11-6-8(20-2)4-5-9(11)12-16-10-7-15-14(19)18-13(10)17-12/h4-7H,3H2,1-2H3,(H2,15,16,17,18,19). The van der Waals surface area contributed by atoms with Crippen molar-refractivity contribution in [3.8, 4) is 22.9 Å². The number of aromatic nitrogens is 4. The Morgan fingerprint density at radius 3 is 2.90 bits per heavy atom. The van der Waals surface area contributed by atoms with E-state index in [-0.39, 0.29) is 0 Å². The zero-order valence-corrected chi connectivity index (χ0v) is 11.6. The Labute approximate surface area is 120 Å². The number of hydrogen-bond acceptors (Lipinski definition) is 5. The number of ether oxygens (including phenoxy) is 2. The molecule has 0 aliphatic rings. The Morgan fingerprint density at radius 2 is 2.14 bits per heavy atom. The van der Waals surface area contributed by atoms with Crippen molar-refractivity contribution in [1.82, 2.24) is 19.9 Å². The number of nitrogens with zero attached hydrogens (tertiary/aromatic N) is 2. The number of H-pyrrole nitrogens is 2. The fourth-order valence-corrected chi connectivity index (χ4v) is 2.06. The third kappa shape index (κ3) is 2.45. The second kappa shape index (κ2) is 5.28. The van der Waals surface area contributed by atoms with Gasteiger partial charge in [0.1, 0.15) is 22.8 Å². The van der Waals surface area contributed by atoms with Crippen molar-refractivity contribution in [2.45, 2.75) is 6.92 Å². The molecule has 0 unspecified atom stereocenters. The van der Waals surface area contributed by atoms with Crippen LogP contribution in [0.2, 0.25) is 0 Å². The van der Waals surface area contributed by atoms with Gasteiger partial charge in [-0.25, -0.2) is 9.78 Å². The topological polar surface area (TPSA) is 92.9 Å². The maximum Gasteiger partial charge on any atom is 0.346 e. The van der Waals surface area contributed by atoms with Crippen LogP contribution in [0.1, 0.15) is 6.92 Å². The van der Waals surface area contributed by atoms with Gasteiger partial charge in [0.15, 0.2) is 5.65 Å². The molecular weight excluding hydrogens is 272 g/mol. The molecule has 3 aromatic rings. The van der Waals surface area contributed by atoms with Crippen LogP contribution in [-0.4, -0.2) is 33.7 Å². The smallest absolute Gasteiger partial charge is 0.346 e. The van der Waals surface area contributed by atoms with Crippen LogP contribution >= 0.6 is 0 Å². The van der Waals surface area contributed by atoms with Crippen LogP contribution in [0.5, 0.6) is 11.5 Å². The number of methoxy groups -OCH3 is 1. The van der Waals surface area contributed by atoms with E-state index < -0.39 is 5.69 Å². The molecule has 2 heterocycles. The van der Waals surface area contributed by atoms with Gasteiger partial charge in [-0.3, -0.25) is 4.98 Å². The number of benzene rings is 1. The molecule has 21 heavy (non-hydrogen) atoms. The predicted octanol–water partition coefficient (Wildman–Crippen LogP) is 1.72. The first-order valence-electron chi connectivity index (χ1n) is 6.47. The van der Waals surface area contributed by atoms with Gasteiger partial charge in [0.2, 0.25) is 0 Å². The zero-order valence-electron chi connectivity index (χ0n) is 11.6. The molecule has 3 rings (SSSR count). The van der Waals surface area contributed by atoms with E-state index >= 15 is 0 Å². The molecule has 0 aliphatic carbocycles. The molecule has 0 fully saturated rings. The van der Waals surface area contributed by atoms with E-state index in [4.69, 9.17) is 9.47 Å². The molecule has 0 radical (unpaired) electrons. The van der Waals surface area contributed by atoms with E-state index in [9.17, 15) is 4.79 Å². The molecular formula is C14H14N4O3. The van der Waals surface area contributed by atoms with Crippen LogP contribution in [0.3, 0.4) is 0 Å². The van der Waals surface area contributed by atoms with E-state index in [1.54, 1.807) is 13.2 Å². The summed E-state index contributed by atoms with van der Waals surface area (Å²) in [5.74, 6) is 1.96. The Balaban J connectivity index is 2.14. The molecule has 0 spiro atoms. The van der Waals surface area contributed by atoms with Gasteiger partial charge in [-0.15, -0.1) is 0 Å². The molecule has 0 bridgehead atoms. The minimum absolute atomic E-state index is 0.430. The first-order chi connectivity index (χ1) is 10.2. The molecule has 2 N–H and O–H groups in total. The van der Waals surface area contributed by atoms with Crippen LogP contribution in [0, 0.1) is 0 Å². The van der Waals surface area contributed by atoms with Crippen molar-refractivity contribution < 1.29 is 9.47 Å². The molecule has 0 aliphatic heterocycles. The largest absolute Gasteiger partial charge is 0.497 e. The molecule has 7 heteroatoms. The molecule has 0 amide bonds. The van der Waals surface area contributed by atoms with Gasteiger partial charge in [0.25, 0.3) is 0 Å². The zero-order chi connectivity index (χ0) is 14.8. The van der Waals surface area contributed by atoms with Gasteiger partial charge in [-0.2, -0.15) is 4.98 Å². The maximum absolute atomic E-state index is 11.2. The Bertz CT molecular complexity index is 838. The van der Waals surface area contributed by atoms with E-state index in [2.05, 4.69) is 19.9 Å². The lowest BCUT2D eigenvalue weighted by Gasteiger charge is -2.10. The monoisotopic (exact) mass is 286 g/mol. The third-order valence-electron chi connectivity index (χ3n) is 3.01. The SMILES string of the molecule is CCOc1cc(OC)ccc1-c1nc2[nH]c(=O)ncc2[nH]1. The lowest BCUT2D eigenvalue weighted by molar-refractivity contribution is 0.337. The maximum atomic E-state index is 11.2. The summed E-state index contributed by atoms with van der Waals surface area (Å²) < 4.78 is 10.8. The van der Waals surface area contributed by atoms with Crippen molar-refractivity contribution in [2.24, 2.45) is 0 Å². The fraction of sp³-hybridized carbons (Fsp3) is 0.214. The highest BCUT2D eigenvalue weighted by atomic mass is 16.5. The van der Waals surface area contributed by atoms with Crippen LogP contribution in [0.25, 0.3) is 22.6 Å². The minimum Gasteiger partial charge on any atom is -0.497 e. The van der Waals surface area contributed by atoms with Crippen molar-refractivity contribution in [2.75, 3.05) is 13.7 Å². The highest BCUT2D eigenvalue weighted by Gasteiger charge is 2.12. The van der Waals surface area contributed by atoms with Gasteiger partial charge in [-0.1, -0.05) is 0 Å². The Kier molecular flexibility index (Phi) is 3.31. The van der Waals surface area contributed by atoms with Crippen molar-refractivity contribution in [3.63, 3.8) is 0 Å². The van der Waals surface area contributed by atoms with E-state index in [0.717, 1.165) is 5.56 Å². The van der Waals surface area contributed by atoms with E-state index in [0.29, 0.717) is 35.1 Å². The lowest BCUT2D eigenvalue weighted by atomic mass is 10.2. The van der Waals surface area contributed by atoms with Gasteiger partial charge in [0, 0.05) is 6.07 Å². The fourth-order valence-electron chi connectivity index (χ4n) is 2.06. The Hall–Kier alpha value is -2.83. The number of fused-ring (bicyclic) bond motifs is 1. The summed E-state index contributed by atoms with van der Waals surface area (Å²) in [6, 6.07) is 5.48. The highest BCUT2D eigenvalue weighted by Crippen LogP contribution is 2.32. The summed E-state index contributed by atoms with van der Waals surface area (Å²) in [5, 5.41) is 0. The van der Waals surface area contributed by atoms with Crippen LogP contribution in [-0.2, 0) is 0 Å². The Morgan fingerprint density at radius 1 is 1.29 bits per heavy atom. The van der Waals surface area contributed by atoms with Crippen LogP contribution in [0.15, 0.2) is 29.2 Å². The summed E-state index contributed by atoms with van der Waals surface area (Å²) in [6.07, 6.45) is 1.45. The summed E-state index contributed by atoms with van der Waals surface area (Å²) in [6.45, 7) is 2.43. The second-order valence-corrected chi connectivity index (χ2v) is 4.33. The normalized spacial score (nSPS) is 10.8. The highest BCUT2D eigenvalue weighted by molar-refractivity contribution is 5.77. The predicted molar refractivity (Wildman–Crippen MR) is 77.7 cm³/mol. The first-order valence-corrected chi connectivity index (χ1v) is 6.47. The summed E-state index contributed by atoms with van der Waals surface area (Å²) in [7, 11) is 1.60. The minimum atomic E-state index is -0.430. The average Bonchev–Trinajstić information content (AvgIpc) is 2.90. The van der Waals surface area contributed by atoms with Gasteiger partial charge in [0.05, 0.1) is 25.5 Å². The van der Waals surface area contributed by atoms with E-state index in [1.165, 1.54) is 6.20 Å². The summed E-state index contributed by atoms with van der Waals surface area (Å²) >= 11 is 0. The molecule has 108 valence electrons.